The molecule has 0 saturated heterocycles. The van der Waals surface area contributed by atoms with Crippen LogP contribution in [0.4, 0.5) is 0 Å². The fourth-order valence-electron chi connectivity index (χ4n) is 2.11. The molecule has 0 aromatic heterocycles. The van der Waals surface area contributed by atoms with Gasteiger partial charge in [-0.05, 0) is 31.4 Å². The van der Waals surface area contributed by atoms with Gasteiger partial charge in [-0.1, -0.05) is 37.2 Å². The van der Waals surface area contributed by atoms with Crippen molar-refractivity contribution in [2.24, 2.45) is 5.73 Å². The summed E-state index contributed by atoms with van der Waals surface area (Å²) in [7, 11) is 0. The third kappa shape index (κ3) is 9.14. The van der Waals surface area contributed by atoms with E-state index < -0.39 is 0 Å². The minimum absolute atomic E-state index is 0.155. The summed E-state index contributed by atoms with van der Waals surface area (Å²) in [5, 5.41) is 2.87. The van der Waals surface area contributed by atoms with E-state index in [0.717, 1.165) is 30.6 Å². The molecular weight excluding hydrogens is 340 g/mol. The molecule has 138 valence electrons. The van der Waals surface area contributed by atoms with E-state index >= 15 is 0 Å². The Labute approximate surface area is 152 Å². The minimum Gasteiger partial charge on any atom is -0.454 e. The molecule has 7 heteroatoms. The van der Waals surface area contributed by atoms with Crippen LogP contribution in [-0.2, 0) is 14.3 Å². The summed E-state index contributed by atoms with van der Waals surface area (Å²) in [6.07, 6.45) is 3.90. The third-order valence-corrected chi connectivity index (χ3v) is 4.31. The highest BCUT2D eigenvalue weighted by Gasteiger charge is 2.11. The first-order valence-electron chi connectivity index (χ1n) is 8.48. The van der Waals surface area contributed by atoms with E-state index in [2.05, 4.69) is 5.32 Å². The molecule has 0 aliphatic carbocycles. The summed E-state index contributed by atoms with van der Waals surface area (Å²) in [5.41, 5.74) is 5.65. The molecule has 1 rings (SSSR count). The van der Waals surface area contributed by atoms with Gasteiger partial charge >= 0.3 is 5.97 Å². The highest BCUT2D eigenvalue weighted by molar-refractivity contribution is 7.99. The number of carbonyl (C=O) groups is 3. The predicted molar refractivity (Wildman–Crippen MR) is 98.2 cm³/mol. The molecule has 0 fully saturated rings. The average Bonchev–Trinajstić information content (AvgIpc) is 2.58. The van der Waals surface area contributed by atoms with Gasteiger partial charge in [0.2, 0.25) is 5.91 Å². The number of primary amides is 1. The van der Waals surface area contributed by atoms with Crippen LogP contribution in [0.3, 0.4) is 0 Å². The molecule has 6 nitrogen and oxygen atoms in total. The fraction of sp³-hybridized carbons (Fsp3) is 0.500. The van der Waals surface area contributed by atoms with Gasteiger partial charge in [-0.25, -0.2) is 0 Å². The zero-order valence-corrected chi connectivity index (χ0v) is 15.4. The number of unbranched alkanes of at least 4 members (excludes halogenated alkanes) is 2. The highest BCUT2D eigenvalue weighted by Crippen LogP contribution is 2.23. The molecule has 3 N–H and O–H groups in total. The molecule has 1 aromatic rings. The zero-order valence-electron chi connectivity index (χ0n) is 14.6. The van der Waals surface area contributed by atoms with Crippen LogP contribution in [0.1, 0.15) is 55.8 Å². The lowest BCUT2D eigenvalue weighted by Gasteiger charge is -2.10. The number of hydrogen-bond donors (Lipinski definition) is 2. The molecule has 0 unspecified atom stereocenters. The summed E-state index contributed by atoms with van der Waals surface area (Å²) < 4.78 is 5.12. The van der Waals surface area contributed by atoms with Crippen molar-refractivity contribution in [1.82, 2.24) is 5.32 Å². The van der Waals surface area contributed by atoms with Crippen LogP contribution in [0, 0.1) is 0 Å². The Kier molecular flexibility index (Phi) is 10.4. The van der Waals surface area contributed by atoms with Gasteiger partial charge in [-0.2, -0.15) is 0 Å². The summed E-state index contributed by atoms with van der Waals surface area (Å²) in [5.74, 6) is -0.489. The number of benzene rings is 1. The van der Waals surface area contributed by atoms with Gasteiger partial charge in [0.25, 0.3) is 5.91 Å². The number of rotatable bonds is 12. The van der Waals surface area contributed by atoms with Crippen molar-refractivity contribution in [3.05, 3.63) is 29.8 Å². The van der Waals surface area contributed by atoms with Gasteiger partial charge in [0, 0.05) is 24.3 Å². The number of carbonyl (C=O) groups excluding carboxylic acids is 3. The first kappa shape index (κ1) is 21.0. The van der Waals surface area contributed by atoms with Crippen molar-refractivity contribution in [2.45, 2.75) is 50.3 Å². The number of ether oxygens (including phenoxy) is 1. The normalized spacial score (nSPS) is 10.3. The van der Waals surface area contributed by atoms with Gasteiger partial charge in [0.1, 0.15) is 5.94 Å². The quantitative estimate of drug-likeness (QED) is 0.256. The predicted octanol–water partition coefficient (Wildman–Crippen LogP) is 2.86. The smallest absolute Gasteiger partial charge is 0.306 e. The molecular formula is C18H26N2O4S. The second kappa shape index (κ2) is 12.4. The van der Waals surface area contributed by atoms with Crippen LogP contribution in [0.15, 0.2) is 29.2 Å². The Morgan fingerprint density at radius 1 is 1.12 bits per heavy atom. The number of thioether (sulfide) groups is 1. The number of hydrogen-bond acceptors (Lipinski definition) is 5. The second-order valence-electron chi connectivity index (χ2n) is 5.56. The monoisotopic (exact) mass is 366 g/mol. The Morgan fingerprint density at radius 3 is 2.60 bits per heavy atom. The molecule has 25 heavy (non-hydrogen) atoms. The number of esters is 1. The lowest BCUT2D eigenvalue weighted by atomic mass is 10.2. The lowest BCUT2D eigenvalue weighted by Crippen LogP contribution is -2.25. The summed E-state index contributed by atoms with van der Waals surface area (Å²) in [6.45, 7) is 2.46. The first-order valence-corrected chi connectivity index (χ1v) is 9.47. The van der Waals surface area contributed by atoms with Crippen LogP contribution < -0.4 is 11.1 Å². The molecule has 0 saturated carbocycles. The van der Waals surface area contributed by atoms with Crippen LogP contribution in [0.5, 0.6) is 0 Å². The van der Waals surface area contributed by atoms with Crippen LogP contribution in [0.2, 0.25) is 0 Å². The van der Waals surface area contributed by atoms with E-state index in [-0.39, 0.29) is 23.7 Å². The summed E-state index contributed by atoms with van der Waals surface area (Å²) in [6, 6.07) is 7.23. The lowest BCUT2D eigenvalue weighted by molar-refractivity contribution is -0.141. The maximum absolute atomic E-state index is 12.3. The van der Waals surface area contributed by atoms with Crippen molar-refractivity contribution in [3.8, 4) is 0 Å². The van der Waals surface area contributed by atoms with Gasteiger partial charge in [-0.3, -0.25) is 14.4 Å². The Morgan fingerprint density at radius 2 is 1.88 bits per heavy atom. The summed E-state index contributed by atoms with van der Waals surface area (Å²) in [4.78, 5) is 35.1. The molecule has 0 heterocycles. The largest absolute Gasteiger partial charge is 0.454 e. The first-order chi connectivity index (χ1) is 12.0. The van der Waals surface area contributed by atoms with E-state index in [9.17, 15) is 14.4 Å². The molecule has 0 radical (unpaired) electrons. The van der Waals surface area contributed by atoms with Crippen LogP contribution in [-0.4, -0.2) is 30.3 Å². The molecule has 0 spiro atoms. The molecule has 1 aromatic carbocycles. The topological polar surface area (TPSA) is 98.5 Å². The standard InChI is InChI=1S/C18H26N2O4S/c1-2-8-17(22)24-13-25-15-10-6-5-9-14(15)18(23)20-12-7-3-4-11-16(19)21/h5-6,9-10H,2-4,7-8,11-13H2,1H3,(H2,19,21)(H,20,23). The Bertz CT molecular complexity index is 578. The zero-order chi connectivity index (χ0) is 18.5. The van der Waals surface area contributed by atoms with E-state index in [1.807, 2.05) is 19.1 Å². The number of nitrogens with one attached hydrogen (secondary N) is 1. The Balaban J connectivity index is 2.39. The van der Waals surface area contributed by atoms with Gasteiger partial charge in [0.05, 0.1) is 5.56 Å². The van der Waals surface area contributed by atoms with Crippen molar-refractivity contribution in [2.75, 3.05) is 12.5 Å². The average molecular weight is 366 g/mol. The summed E-state index contributed by atoms with van der Waals surface area (Å²) >= 11 is 1.32. The second-order valence-corrected chi connectivity index (χ2v) is 6.52. The van der Waals surface area contributed by atoms with E-state index in [1.54, 1.807) is 12.1 Å². The molecule has 0 bridgehead atoms. The maximum Gasteiger partial charge on any atom is 0.306 e. The minimum atomic E-state index is -0.297. The molecule has 2 amide bonds. The van der Waals surface area contributed by atoms with E-state index in [0.29, 0.717) is 24.9 Å². The van der Waals surface area contributed by atoms with Crippen LogP contribution in [0.25, 0.3) is 0 Å². The van der Waals surface area contributed by atoms with E-state index in [4.69, 9.17) is 10.5 Å². The van der Waals surface area contributed by atoms with Crippen LogP contribution >= 0.6 is 11.8 Å². The fourth-order valence-corrected chi connectivity index (χ4v) is 2.92. The van der Waals surface area contributed by atoms with Crippen molar-refractivity contribution in [1.29, 1.82) is 0 Å². The molecule has 0 aliphatic heterocycles. The van der Waals surface area contributed by atoms with Gasteiger partial charge in [-0.15, -0.1) is 0 Å². The SMILES string of the molecule is CCCC(=O)OCSc1ccccc1C(=O)NCCCCCC(N)=O. The van der Waals surface area contributed by atoms with Gasteiger partial charge < -0.3 is 15.8 Å². The van der Waals surface area contributed by atoms with Crippen molar-refractivity contribution >= 4 is 29.5 Å². The van der Waals surface area contributed by atoms with E-state index in [1.165, 1.54) is 11.8 Å². The van der Waals surface area contributed by atoms with Crippen molar-refractivity contribution in [3.63, 3.8) is 0 Å². The maximum atomic E-state index is 12.3. The number of nitrogens with two attached hydrogens (primary N) is 1. The molecule has 0 aliphatic rings. The van der Waals surface area contributed by atoms with Crippen molar-refractivity contribution < 1.29 is 19.1 Å². The Hall–Kier alpha value is -2.02. The highest BCUT2D eigenvalue weighted by atomic mass is 32.2. The molecule has 0 atom stereocenters. The van der Waals surface area contributed by atoms with Gasteiger partial charge in [0.15, 0.2) is 0 Å². The number of amides is 2. The third-order valence-electron chi connectivity index (χ3n) is 3.41.